The van der Waals surface area contributed by atoms with Crippen molar-refractivity contribution in [2.45, 2.75) is 0 Å². The fourth-order valence-electron chi connectivity index (χ4n) is 1.71. The SMILES string of the molecule is COc1cc(-c2ncco2)cc2onc(N)c12. The maximum absolute atomic E-state index is 5.70. The number of methoxy groups -OCH3 is 1. The van der Waals surface area contributed by atoms with Crippen molar-refractivity contribution in [2.24, 2.45) is 0 Å². The summed E-state index contributed by atoms with van der Waals surface area (Å²) in [5, 5.41) is 4.35. The monoisotopic (exact) mass is 231 g/mol. The van der Waals surface area contributed by atoms with Gasteiger partial charge in [-0.15, -0.1) is 0 Å². The first kappa shape index (κ1) is 9.71. The van der Waals surface area contributed by atoms with Crippen LogP contribution in [0, 0.1) is 0 Å². The van der Waals surface area contributed by atoms with E-state index < -0.39 is 0 Å². The normalized spacial score (nSPS) is 10.9. The van der Waals surface area contributed by atoms with Gasteiger partial charge in [0.1, 0.15) is 17.4 Å². The molecule has 86 valence electrons. The molecular formula is C11H9N3O3. The number of nitrogens with zero attached hydrogens (tertiary/aromatic N) is 2. The molecule has 0 fully saturated rings. The van der Waals surface area contributed by atoms with Crippen LogP contribution in [0.3, 0.4) is 0 Å². The fourth-order valence-corrected chi connectivity index (χ4v) is 1.71. The third kappa shape index (κ3) is 1.42. The summed E-state index contributed by atoms with van der Waals surface area (Å²) < 4.78 is 15.6. The number of aromatic nitrogens is 2. The maximum Gasteiger partial charge on any atom is 0.226 e. The third-order valence-electron chi connectivity index (χ3n) is 2.46. The Balaban J connectivity index is 2.29. The lowest BCUT2D eigenvalue weighted by atomic mass is 10.1. The Kier molecular flexibility index (Phi) is 2.01. The lowest BCUT2D eigenvalue weighted by Crippen LogP contribution is -1.89. The van der Waals surface area contributed by atoms with Gasteiger partial charge in [0, 0.05) is 5.56 Å². The molecule has 6 nitrogen and oxygen atoms in total. The van der Waals surface area contributed by atoms with Gasteiger partial charge in [0.2, 0.25) is 5.89 Å². The highest BCUT2D eigenvalue weighted by molar-refractivity contribution is 5.95. The summed E-state index contributed by atoms with van der Waals surface area (Å²) in [5.74, 6) is 1.37. The number of fused-ring (bicyclic) bond motifs is 1. The van der Waals surface area contributed by atoms with E-state index in [-0.39, 0.29) is 0 Å². The van der Waals surface area contributed by atoms with Crippen LogP contribution in [0.4, 0.5) is 5.82 Å². The van der Waals surface area contributed by atoms with Crippen molar-refractivity contribution >= 4 is 16.8 Å². The number of rotatable bonds is 2. The summed E-state index contributed by atoms with van der Waals surface area (Å²) in [4.78, 5) is 4.06. The van der Waals surface area contributed by atoms with E-state index in [9.17, 15) is 0 Å². The lowest BCUT2D eigenvalue weighted by molar-refractivity contribution is 0.419. The van der Waals surface area contributed by atoms with Gasteiger partial charge in [-0.3, -0.25) is 0 Å². The van der Waals surface area contributed by atoms with Gasteiger partial charge in [-0.25, -0.2) is 4.98 Å². The van der Waals surface area contributed by atoms with Gasteiger partial charge in [-0.1, -0.05) is 5.16 Å². The molecule has 0 spiro atoms. The van der Waals surface area contributed by atoms with Crippen LogP contribution in [0.2, 0.25) is 0 Å². The van der Waals surface area contributed by atoms with E-state index in [1.807, 2.05) is 0 Å². The molecular weight excluding hydrogens is 222 g/mol. The van der Waals surface area contributed by atoms with E-state index in [2.05, 4.69) is 10.1 Å². The maximum atomic E-state index is 5.70. The minimum absolute atomic E-state index is 0.302. The molecule has 0 aliphatic carbocycles. The summed E-state index contributed by atoms with van der Waals surface area (Å²) in [6.45, 7) is 0. The molecule has 2 heterocycles. The first-order valence-electron chi connectivity index (χ1n) is 4.92. The first-order valence-corrected chi connectivity index (χ1v) is 4.92. The van der Waals surface area contributed by atoms with Crippen molar-refractivity contribution in [3.8, 4) is 17.2 Å². The Morgan fingerprint density at radius 2 is 2.24 bits per heavy atom. The molecule has 0 aliphatic heterocycles. The van der Waals surface area contributed by atoms with Crippen molar-refractivity contribution in [1.29, 1.82) is 0 Å². The first-order chi connectivity index (χ1) is 8.29. The zero-order chi connectivity index (χ0) is 11.8. The predicted molar refractivity (Wildman–Crippen MR) is 60.5 cm³/mol. The molecule has 3 rings (SSSR count). The van der Waals surface area contributed by atoms with Crippen LogP contribution in [0.25, 0.3) is 22.4 Å². The highest BCUT2D eigenvalue weighted by Gasteiger charge is 2.15. The number of hydrogen-bond acceptors (Lipinski definition) is 6. The van der Waals surface area contributed by atoms with Gasteiger partial charge in [-0.05, 0) is 12.1 Å². The van der Waals surface area contributed by atoms with Crippen molar-refractivity contribution in [2.75, 3.05) is 12.8 Å². The molecule has 0 unspecified atom stereocenters. The van der Waals surface area contributed by atoms with Gasteiger partial charge in [0.25, 0.3) is 0 Å². The molecule has 0 atom stereocenters. The van der Waals surface area contributed by atoms with E-state index >= 15 is 0 Å². The number of oxazole rings is 1. The van der Waals surface area contributed by atoms with Gasteiger partial charge >= 0.3 is 0 Å². The zero-order valence-electron chi connectivity index (χ0n) is 9.01. The smallest absolute Gasteiger partial charge is 0.226 e. The number of ether oxygens (including phenoxy) is 1. The summed E-state index contributed by atoms with van der Waals surface area (Å²) in [6, 6.07) is 3.54. The fraction of sp³-hybridized carbons (Fsp3) is 0.0909. The van der Waals surface area contributed by atoms with E-state index in [1.165, 1.54) is 6.26 Å². The van der Waals surface area contributed by atoms with E-state index in [4.69, 9.17) is 19.4 Å². The molecule has 3 aromatic rings. The molecule has 0 aliphatic rings. The Morgan fingerprint density at radius 3 is 2.94 bits per heavy atom. The standard InChI is InChI=1S/C11H9N3O3/c1-15-7-4-6(11-13-2-3-16-11)5-8-9(7)10(12)14-17-8/h2-5H,1H3,(H2,12,14). The van der Waals surface area contributed by atoms with Crippen molar-refractivity contribution in [3.63, 3.8) is 0 Å². The van der Waals surface area contributed by atoms with E-state index in [1.54, 1.807) is 25.4 Å². The second kappa shape index (κ2) is 3.51. The Hall–Kier alpha value is -2.50. The summed E-state index contributed by atoms with van der Waals surface area (Å²) in [7, 11) is 1.56. The highest BCUT2D eigenvalue weighted by atomic mass is 16.5. The molecule has 0 saturated carbocycles. The molecule has 17 heavy (non-hydrogen) atoms. The van der Waals surface area contributed by atoms with Crippen molar-refractivity contribution in [3.05, 3.63) is 24.6 Å². The average molecular weight is 231 g/mol. The summed E-state index contributed by atoms with van der Waals surface area (Å²) in [5.41, 5.74) is 6.98. The number of nitrogen functional groups attached to an aromatic ring is 1. The molecule has 0 amide bonds. The van der Waals surface area contributed by atoms with Gasteiger partial charge in [-0.2, -0.15) is 0 Å². The molecule has 2 N–H and O–H groups in total. The van der Waals surface area contributed by atoms with Crippen molar-refractivity contribution in [1.82, 2.24) is 10.1 Å². The molecule has 2 aromatic heterocycles. The zero-order valence-corrected chi connectivity index (χ0v) is 9.01. The second-order valence-corrected chi connectivity index (χ2v) is 3.46. The molecule has 1 aromatic carbocycles. The Labute approximate surface area is 96.0 Å². The lowest BCUT2D eigenvalue weighted by Gasteiger charge is -2.03. The topological polar surface area (TPSA) is 87.3 Å². The molecule has 0 saturated heterocycles. The second-order valence-electron chi connectivity index (χ2n) is 3.46. The van der Waals surface area contributed by atoms with Crippen LogP contribution in [0.15, 0.2) is 33.5 Å². The van der Waals surface area contributed by atoms with E-state index in [0.717, 1.165) is 5.56 Å². The van der Waals surface area contributed by atoms with Crippen molar-refractivity contribution < 1.29 is 13.7 Å². The highest BCUT2D eigenvalue weighted by Crippen LogP contribution is 2.34. The molecule has 0 bridgehead atoms. The number of nitrogens with two attached hydrogens (primary N) is 1. The van der Waals surface area contributed by atoms with Gasteiger partial charge in [0.05, 0.1) is 13.3 Å². The average Bonchev–Trinajstić information content (AvgIpc) is 2.98. The minimum atomic E-state index is 0.302. The third-order valence-corrected chi connectivity index (χ3v) is 2.46. The van der Waals surface area contributed by atoms with Crippen LogP contribution in [-0.2, 0) is 0 Å². The van der Waals surface area contributed by atoms with Gasteiger partial charge < -0.3 is 19.4 Å². The number of benzene rings is 1. The Bertz CT molecular complexity index is 658. The van der Waals surface area contributed by atoms with Gasteiger partial charge in [0.15, 0.2) is 11.4 Å². The molecule has 6 heteroatoms. The largest absolute Gasteiger partial charge is 0.496 e. The van der Waals surface area contributed by atoms with Crippen LogP contribution in [-0.4, -0.2) is 17.3 Å². The van der Waals surface area contributed by atoms with Crippen LogP contribution >= 0.6 is 0 Å². The van der Waals surface area contributed by atoms with Crippen LogP contribution in [0.5, 0.6) is 5.75 Å². The summed E-state index contributed by atoms with van der Waals surface area (Å²) in [6.07, 6.45) is 3.07. The number of hydrogen-bond donors (Lipinski definition) is 1. The predicted octanol–water partition coefficient (Wildman–Crippen LogP) is 2.07. The van der Waals surface area contributed by atoms with Crippen LogP contribution < -0.4 is 10.5 Å². The quantitative estimate of drug-likeness (QED) is 0.726. The minimum Gasteiger partial charge on any atom is -0.496 e. The Morgan fingerprint density at radius 1 is 1.35 bits per heavy atom. The summed E-state index contributed by atoms with van der Waals surface area (Å²) >= 11 is 0. The molecule has 0 radical (unpaired) electrons. The number of anilines is 1. The van der Waals surface area contributed by atoms with Crippen LogP contribution in [0.1, 0.15) is 0 Å². The van der Waals surface area contributed by atoms with E-state index in [0.29, 0.717) is 28.4 Å².